The average molecular weight is 349 g/mol. The molecule has 0 aliphatic heterocycles. The normalized spacial score (nSPS) is 16.0. The highest BCUT2D eigenvalue weighted by molar-refractivity contribution is 5.69. The molecule has 0 bridgehead atoms. The molecule has 0 unspecified atom stereocenters. The largest absolute Gasteiger partial charge is 0.508 e. The highest BCUT2D eigenvalue weighted by atomic mass is 16.5. The van der Waals surface area contributed by atoms with Crippen molar-refractivity contribution in [2.24, 2.45) is 0 Å². The van der Waals surface area contributed by atoms with Gasteiger partial charge in [-0.15, -0.1) is 0 Å². The lowest BCUT2D eigenvalue weighted by atomic mass is 9.82. The maximum atomic E-state index is 12.0. The number of rotatable bonds is 7. The van der Waals surface area contributed by atoms with Crippen molar-refractivity contribution in [3.05, 3.63) is 28.8 Å². The number of hydrogen-bond donors (Lipinski definition) is 1. The van der Waals surface area contributed by atoms with E-state index in [9.17, 15) is 9.90 Å². The van der Waals surface area contributed by atoms with Crippen LogP contribution in [-0.4, -0.2) is 49.9 Å². The number of ether oxygens (including phenoxy) is 1. The van der Waals surface area contributed by atoms with Gasteiger partial charge in [0, 0.05) is 6.42 Å². The summed E-state index contributed by atoms with van der Waals surface area (Å²) in [6, 6.07) is 3.99. The minimum absolute atomic E-state index is 0.139. The van der Waals surface area contributed by atoms with Crippen LogP contribution in [0.25, 0.3) is 0 Å². The van der Waals surface area contributed by atoms with E-state index in [0.29, 0.717) is 31.1 Å². The fourth-order valence-electron chi connectivity index (χ4n) is 3.51. The summed E-state index contributed by atoms with van der Waals surface area (Å²) in [5.74, 6) is 0.739. The lowest BCUT2D eigenvalue weighted by Crippen LogP contribution is -2.38. The summed E-state index contributed by atoms with van der Waals surface area (Å²) in [5, 5.41) is 10.3. The fourth-order valence-corrected chi connectivity index (χ4v) is 3.51. The average Bonchev–Trinajstić information content (AvgIpc) is 2.53. The van der Waals surface area contributed by atoms with Crippen molar-refractivity contribution in [2.75, 3.05) is 34.3 Å². The lowest BCUT2D eigenvalue weighted by Gasteiger charge is -2.24. The lowest BCUT2D eigenvalue weighted by molar-refractivity contribution is -0.870. The molecule has 25 heavy (non-hydrogen) atoms. The quantitative estimate of drug-likeness (QED) is 0.600. The number of carbonyl (C=O) groups is 1. The Balaban J connectivity index is 1.93. The van der Waals surface area contributed by atoms with Crippen molar-refractivity contribution < 1.29 is 19.1 Å². The second-order valence-electron chi connectivity index (χ2n) is 8.41. The van der Waals surface area contributed by atoms with Crippen molar-refractivity contribution in [1.82, 2.24) is 0 Å². The second kappa shape index (κ2) is 8.70. The Morgan fingerprint density at radius 2 is 1.88 bits per heavy atom. The molecule has 0 atom stereocenters. The van der Waals surface area contributed by atoms with Crippen LogP contribution in [0.2, 0.25) is 0 Å². The number of carbonyl (C=O) groups excluding carboxylic acids is 1. The molecule has 140 valence electrons. The first kappa shape index (κ1) is 19.8. The predicted octanol–water partition coefficient (Wildman–Crippen LogP) is 3.93. The van der Waals surface area contributed by atoms with E-state index >= 15 is 0 Å². The van der Waals surface area contributed by atoms with Gasteiger partial charge in [-0.25, -0.2) is 0 Å². The molecule has 1 fully saturated rings. The Kier molecular flexibility index (Phi) is 6.88. The third kappa shape index (κ3) is 6.35. The Bertz CT molecular complexity index is 584. The molecule has 1 aliphatic rings. The van der Waals surface area contributed by atoms with Crippen molar-refractivity contribution in [1.29, 1.82) is 0 Å². The van der Waals surface area contributed by atoms with E-state index in [1.54, 1.807) is 0 Å². The SMILES string of the molecule is Cc1cc(O)c(C2CCCCC2)cc1CCC(=O)OCC[N+](C)(C)C. The maximum Gasteiger partial charge on any atom is 0.306 e. The number of benzene rings is 1. The first-order valence-corrected chi connectivity index (χ1v) is 9.55. The molecule has 0 saturated heterocycles. The summed E-state index contributed by atoms with van der Waals surface area (Å²) in [7, 11) is 6.25. The van der Waals surface area contributed by atoms with Gasteiger partial charge in [-0.1, -0.05) is 25.3 Å². The molecular weight excluding hydrogens is 314 g/mol. The number of phenolic OH excluding ortho intramolecular Hbond substituents is 1. The fraction of sp³-hybridized carbons (Fsp3) is 0.667. The maximum absolute atomic E-state index is 12.0. The zero-order valence-corrected chi connectivity index (χ0v) is 16.3. The summed E-state index contributed by atoms with van der Waals surface area (Å²) in [6.45, 7) is 3.28. The van der Waals surface area contributed by atoms with Gasteiger partial charge in [0.1, 0.15) is 18.9 Å². The van der Waals surface area contributed by atoms with Crippen LogP contribution in [0, 0.1) is 6.92 Å². The van der Waals surface area contributed by atoms with Crippen molar-refractivity contribution in [3.63, 3.8) is 0 Å². The molecule has 1 N–H and O–H groups in total. The Morgan fingerprint density at radius 3 is 2.52 bits per heavy atom. The summed E-state index contributed by atoms with van der Waals surface area (Å²) in [6.07, 6.45) is 7.17. The second-order valence-corrected chi connectivity index (χ2v) is 8.41. The van der Waals surface area contributed by atoms with E-state index in [0.717, 1.165) is 40.6 Å². The van der Waals surface area contributed by atoms with Gasteiger partial charge in [-0.05, 0) is 54.9 Å². The molecule has 2 rings (SSSR count). The Labute approximate surface area is 152 Å². The van der Waals surface area contributed by atoms with E-state index in [1.165, 1.54) is 19.3 Å². The zero-order chi connectivity index (χ0) is 18.4. The van der Waals surface area contributed by atoms with Gasteiger partial charge in [0.15, 0.2) is 0 Å². The van der Waals surface area contributed by atoms with E-state index in [1.807, 2.05) is 13.0 Å². The number of esters is 1. The highest BCUT2D eigenvalue weighted by Gasteiger charge is 2.20. The van der Waals surface area contributed by atoms with Gasteiger partial charge in [-0.3, -0.25) is 4.79 Å². The summed E-state index contributed by atoms with van der Waals surface area (Å²) in [4.78, 5) is 12.0. The van der Waals surface area contributed by atoms with E-state index in [-0.39, 0.29) is 5.97 Å². The van der Waals surface area contributed by atoms with Gasteiger partial charge in [0.05, 0.1) is 21.1 Å². The van der Waals surface area contributed by atoms with E-state index in [2.05, 4.69) is 27.2 Å². The molecule has 4 heteroatoms. The van der Waals surface area contributed by atoms with Crippen molar-refractivity contribution in [3.8, 4) is 5.75 Å². The summed E-state index contributed by atoms with van der Waals surface area (Å²) >= 11 is 0. The van der Waals surface area contributed by atoms with Gasteiger partial charge < -0.3 is 14.3 Å². The molecule has 0 heterocycles. The van der Waals surface area contributed by atoms with Crippen LogP contribution in [0.1, 0.15) is 61.1 Å². The van der Waals surface area contributed by atoms with Crippen molar-refractivity contribution in [2.45, 2.75) is 57.8 Å². The van der Waals surface area contributed by atoms with Gasteiger partial charge >= 0.3 is 5.97 Å². The first-order chi connectivity index (χ1) is 11.8. The van der Waals surface area contributed by atoms with E-state index in [4.69, 9.17) is 4.74 Å². The molecule has 0 spiro atoms. The highest BCUT2D eigenvalue weighted by Crippen LogP contribution is 2.38. The number of aryl methyl sites for hydroxylation is 2. The zero-order valence-electron chi connectivity index (χ0n) is 16.3. The molecular formula is C21H34NO3+. The number of aromatic hydroxyl groups is 1. The number of likely N-dealkylation sites (N-methyl/N-ethyl adjacent to an activating group) is 1. The van der Waals surface area contributed by atoms with Crippen molar-refractivity contribution >= 4 is 5.97 Å². The minimum atomic E-state index is -0.139. The molecule has 0 radical (unpaired) electrons. The molecule has 0 aromatic heterocycles. The van der Waals surface area contributed by atoms with Crippen LogP contribution >= 0.6 is 0 Å². The molecule has 0 amide bonds. The Hall–Kier alpha value is -1.55. The topological polar surface area (TPSA) is 46.5 Å². The van der Waals surface area contributed by atoms with Gasteiger partial charge in [-0.2, -0.15) is 0 Å². The number of phenols is 1. The monoisotopic (exact) mass is 348 g/mol. The number of nitrogens with zero attached hydrogens (tertiary/aromatic N) is 1. The molecule has 1 aromatic rings. The smallest absolute Gasteiger partial charge is 0.306 e. The molecule has 4 nitrogen and oxygen atoms in total. The molecule has 1 saturated carbocycles. The predicted molar refractivity (Wildman–Crippen MR) is 101 cm³/mol. The molecule has 1 aliphatic carbocycles. The first-order valence-electron chi connectivity index (χ1n) is 9.55. The third-order valence-electron chi connectivity index (χ3n) is 5.15. The van der Waals surface area contributed by atoms with Crippen LogP contribution in [0.15, 0.2) is 12.1 Å². The van der Waals surface area contributed by atoms with Crippen LogP contribution in [0.3, 0.4) is 0 Å². The number of hydrogen-bond acceptors (Lipinski definition) is 3. The summed E-state index contributed by atoms with van der Waals surface area (Å²) < 4.78 is 6.13. The summed E-state index contributed by atoms with van der Waals surface area (Å²) in [5.41, 5.74) is 3.27. The van der Waals surface area contributed by atoms with Gasteiger partial charge in [0.25, 0.3) is 0 Å². The van der Waals surface area contributed by atoms with Crippen LogP contribution in [-0.2, 0) is 16.0 Å². The van der Waals surface area contributed by atoms with Crippen LogP contribution in [0.5, 0.6) is 5.75 Å². The van der Waals surface area contributed by atoms with Gasteiger partial charge in [0.2, 0.25) is 0 Å². The van der Waals surface area contributed by atoms with E-state index < -0.39 is 0 Å². The third-order valence-corrected chi connectivity index (χ3v) is 5.15. The van der Waals surface area contributed by atoms with Crippen LogP contribution in [0.4, 0.5) is 0 Å². The van der Waals surface area contributed by atoms with Crippen LogP contribution < -0.4 is 0 Å². The number of quaternary nitrogens is 1. The Morgan fingerprint density at radius 1 is 1.20 bits per heavy atom. The standard InChI is InChI=1S/C21H33NO3/c1-16-14-20(23)19(17-8-6-5-7-9-17)15-18(16)10-11-21(24)25-13-12-22(2,3)4/h14-15,17H,5-13H2,1-4H3/p+1. The molecule has 1 aromatic carbocycles. The minimum Gasteiger partial charge on any atom is -0.508 e.